The first-order valence-corrected chi connectivity index (χ1v) is 9.71. The van der Waals surface area contributed by atoms with Crippen LogP contribution in [0, 0.1) is 6.92 Å². The normalized spacial score (nSPS) is 10.8. The summed E-state index contributed by atoms with van der Waals surface area (Å²) in [7, 11) is 0. The Kier molecular flexibility index (Phi) is 6.15. The second kappa shape index (κ2) is 8.75. The summed E-state index contributed by atoms with van der Waals surface area (Å²) in [6, 6.07) is 7.76. The minimum absolute atomic E-state index is 0.0526. The smallest absolute Gasteiger partial charge is 0.338 e. The lowest BCUT2D eigenvalue weighted by Gasteiger charge is -2.07. The van der Waals surface area contributed by atoms with E-state index in [1.807, 2.05) is 6.92 Å². The van der Waals surface area contributed by atoms with Crippen molar-refractivity contribution >= 4 is 33.9 Å². The number of benzene rings is 1. The Labute approximate surface area is 165 Å². The zero-order valence-corrected chi connectivity index (χ0v) is 16.4. The van der Waals surface area contributed by atoms with Crippen LogP contribution in [0.5, 0.6) is 0 Å². The second-order valence-corrected chi connectivity index (χ2v) is 7.37. The van der Waals surface area contributed by atoms with Gasteiger partial charge in [-0.05, 0) is 37.6 Å². The van der Waals surface area contributed by atoms with E-state index in [0.717, 1.165) is 17.8 Å². The molecule has 1 amide bonds. The number of unbranched alkanes of at least 4 members (excludes halogenated alkanes) is 1. The molecule has 28 heavy (non-hydrogen) atoms. The maximum absolute atomic E-state index is 12.2. The predicted molar refractivity (Wildman–Crippen MR) is 106 cm³/mol. The van der Waals surface area contributed by atoms with Crippen LogP contribution < -0.4 is 10.9 Å². The Morgan fingerprint density at radius 3 is 2.71 bits per heavy atom. The summed E-state index contributed by atoms with van der Waals surface area (Å²) < 4.78 is 6.47. The van der Waals surface area contributed by atoms with Crippen LogP contribution in [0.15, 0.2) is 35.1 Å². The number of rotatable bonds is 7. The lowest BCUT2D eigenvalue weighted by Crippen LogP contribution is -2.16. The quantitative estimate of drug-likeness (QED) is 0.612. The fourth-order valence-electron chi connectivity index (χ4n) is 2.50. The Bertz CT molecular complexity index is 1060. The first kappa shape index (κ1) is 19.7. The number of carbonyl (C=O) groups is 2. The van der Waals surface area contributed by atoms with Crippen LogP contribution >= 0.6 is 11.3 Å². The summed E-state index contributed by atoms with van der Waals surface area (Å²) in [5, 5.41) is 7.57. The largest absolute Gasteiger partial charge is 0.456 e. The molecule has 0 aliphatic carbocycles. The van der Waals surface area contributed by atoms with E-state index in [1.54, 1.807) is 31.2 Å². The van der Waals surface area contributed by atoms with Gasteiger partial charge in [0, 0.05) is 18.2 Å². The Hall–Kier alpha value is -3.07. The third kappa shape index (κ3) is 4.80. The predicted octanol–water partition coefficient (Wildman–Crippen LogP) is 2.95. The number of fused-ring (bicyclic) bond motifs is 1. The fourth-order valence-corrected chi connectivity index (χ4v) is 3.27. The van der Waals surface area contributed by atoms with Gasteiger partial charge < -0.3 is 10.1 Å². The van der Waals surface area contributed by atoms with Crippen molar-refractivity contribution in [3.63, 3.8) is 0 Å². The highest BCUT2D eigenvalue weighted by molar-refractivity contribution is 7.16. The van der Waals surface area contributed by atoms with E-state index in [1.165, 1.54) is 21.9 Å². The summed E-state index contributed by atoms with van der Waals surface area (Å²) >= 11 is 1.29. The Balaban J connectivity index is 1.60. The summed E-state index contributed by atoms with van der Waals surface area (Å²) in [5.41, 5.74) is 1.02. The van der Waals surface area contributed by atoms with E-state index in [0.29, 0.717) is 28.3 Å². The molecule has 146 valence electrons. The standard InChI is InChI=1S/C19H20N4O4S/c1-3-4-5-16(24)20-14-8-6-13(7-9-14)18(26)27-11-15-10-17(25)23-19(21-15)28-12(2)22-23/h6-10H,3-5,11H2,1-2H3,(H,20,24). The van der Waals surface area contributed by atoms with Crippen LogP contribution in [0.1, 0.15) is 47.2 Å². The van der Waals surface area contributed by atoms with E-state index in [2.05, 4.69) is 15.4 Å². The SMILES string of the molecule is CCCCC(=O)Nc1ccc(C(=O)OCc2cc(=O)n3nc(C)sc3n2)cc1. The van der Waals surface area contributed by atoms with E-state index in [9.17, 15) is 14.4 Å². The molecule has 1 N–H and O–H groups in total. The van der Waals surface area contributed by atoms with Crippen molar-refractivity contribution in [3.05, 3.63) is 57.0 Å². The number of amides is 1. The first-order valence-electron chi connectivity index (χ1n) is 8.89. The summed E-state index contributed by atoms with van der Waals surface area (Å²) in [6.07, 6.45) is 2.26. The van der Waals surface area contributed by atoms with Gasteiger partial charge >= 0.3 is 5.97 Å². The van der Waals surface area contributed by atoms with Crippen LogP contribution in [0.2, 0.25) is 0 Å². The van der Waals surface area contributed by atoms with E-state index in [-0.39, 0.29) is 18.1 Å². The number of ether oxygens (including phenoxy) is 1. The van der Waals surface area contributed by atoms with Gasteiger partial charge in [-0.3, -0.25) is 9.59 Å². The summed E-state index contributed by atoms with van der Waals surface area (Å²) in [5.74, 6) is -0.588. The lowest BCUT2D eigenvalue weighted by molar-refractivity contribution is -0.116. The zero-order valence-electron chi connectivity index (χ0n) is 15.6. The number of aromatic nitrogens is 3. The van der Waals surface area contributed by atoms with Crippen molar-refractivity contribution in [3.8, 4) is 0 Å². The Morgan fingerprint density at radius 2 is 2.00 bits per heavy atom. The van der Waals surface area contributed by atoms with Gasteiger partial charge in [0.2, 0.25) is 10.9 Å². The average Bonchev–Trinajstić information content (AvgIpc) is 3.06. The van der Waals surface area contributed by atoms with Gasteiger partial charge in [-0.1, -0.05) is 24.7 Å². The maximum atomic E-state index is 12.2. The minimum Gasteiger partial charge on any atom is -0.456 e. The summed E-state index contributed by atoms with van der Waals surface area (Å²) in [6.45, 7) is 3.70. The molecule has 0 bridgehead atoms. The van der Waals surface area contributed by atoms with Crippen molar-refractivity contribution in [2.75, 3.05) is 5.32 Å². The molecule has 0 spiro atoms. The molecule has 0 aliphatic heterocycles. The number of aryl methyl sites for hydroxylation is 1. The Morgan fingerprint density at radius 1 is 1.25 bits per heavy atom. The molecule has 3 aromatic rings. The van der Waals surface area contributed by atoms with Crippen molar-refractivity contribution in [1.29, 1.82) is 0 Å². The molecule has 0 saturated heterocycles. The fraction of sp³-hybridized carbons (Fsp3) is 0.316. The molecule has 0 radical (unpaired) electrons. The van der Waals surface area contributed by atoms with Gasteiger partial charge in [0.05, 0.1) is 11.3 Å². The highest BCUT2D eigenvalue weighted by Crippen LogP contribution is 2.13. The van der Waals surface area contributed by atoms with Gasteiger partial charge in [0.25, 0.3) is 5.56 Å². The van der Waals surface area contributed by atoms with Crippen LogP contribution in [-0.4, -0.2) is 26.5 Å². The van der Waals surface area contributed by atoms with Gasteiger partial charge in [-0.25, -0.2) is 9.78 Å². The van der Waals surface area contributed by atoms with Crippen LogP contribution in [0.3, 0.4) is 0 Å². The zero-order chi connectivity index (χ0) is 20.1. The van der Waals surface area contributed by atoms with Crippen LogP contribution in [0.4, 0.5) is 5.69 Å². The average molecular weight is 400 g/mol. The molecule has 8 nitrogen and oxygen atoms in total. The highest BCUT2D eigenvalue weighted by atomic mass is 32.1. The van der Waals surface area contributed by atoms with Gasteiger partial charge in [-0.2, -0.15) is 9.61 Å². The molecule has 9 heteroatoms. The summed E-state index contributed by atoms with van der Waals surface area (Å²) in [4.78, 5) is 40.7. The minimum atomic E-state index is -0.536. The third-order valence-electron chi connectivity index (χ3n) is 3.91. The second-order valence-electron chi connectivity index (χ2n) is 6.21. The number of esters is 1. The molecular weight excluding hydrogens is 380 g/mol. The molecule has 0 unspecified atom stereocenters. The monoisotopic (exact) mass is 400 g/mol. The van der Waals surface area contributed by atoms with Crippen LogP contribution in [0.25, 0.3) is 4.96 Å². The van der Waals surface area contributed by atoms with Gasteiger partial charge in [-0.15, -0.1) is 0 Å². The van der Waals surface area contributed by atoms with Crippen molar-refractivity contribution in [2.45, 2.75) is 39.7 Å². The number of carbonyl (C=O) groups excluding carboxylic acids is 2. The van der Waals surface area contributed by atoms with Crippen LogP contribution in [-0.2, 0) is 16.1 Å². The number of nitrogens with one attached hydrogen (secondary N) is 1. The molecule has 2 aromatic heterocycles. The number of nitrogens with zero attached hydrogens (tertiary/aromatic N) is 3. The third-order valence-corrected chi connectivity index (χ3v) is 4.74. The molecule has 0 atom stereocenters. The van der Waals surface area contributed by atoms with Crippen molar-refractivity contribution in [1.82, 2.24) is 14.6 Å². The number of hydrogen-bond acceptors (Lipinski definition) is 7. The molecule has 0 fully saturated rings. The molecule has 3 rings (SSSR count). The molecule has 1 aromatic carbocycles. The maximum Gasteiger partial charge on any atom is 0.338 e. The van der Waals surface area contributed by atoms with Crippen molar-refractivity contribution < 1.29 is 14.3 Å². The van der Waals surface area contributed by atoms with Crippen molar-refractivity contribution in [2.24, 2.45) is 0 Å². The van der Waals surface area contributed by atoms with Gasteiger partial charge in [0.15, 0.2) is 0 Å². The van der Waals surface area contributed by atoms with E-state index >= 15 is 0 Å². The molecule has 0 saturated carbocycles. The molecular formula is C19H20N4O4S. The van der Waals surface area contributed by atoms with E-state index < -0.39 is 5.97 Å². The molecule has 0 aliphatic rings. The highest BCUT2D eigenvalue weighted by Gasteiger charge is 2.11. The van der Waals surface area contributed by atoms with E-state index in [4.69, 9.17) is 4.74 Å². The topological polar surface area (TPSA) is 103 Å². The number of anilines is 1. The lowest BCUT2D eigenvalue weighted by atomic mass is 10.2. The van der Waals surface area contributed by atoms with Gasteiger partial charge in [0.1, 0.15) is 11.6 Å². The number of hydrogen-bond donors (Lipinski definition) is 1. The first-order chi connectivity index (χ1) is 13.5. The molecule has 2 heterocycles.